The highest BCUT2D eigenvalue weighted by Crippen LogP contribution is 2.40. The quantitative estimate of drug-likeness (QED) is 0.466. The van der Waals surface area contributed by atoms with E-state index >= 15 is 0 Å². The molecule has 15 heavy (non-hydrogen) atoms. The van der Waals surface area contributed by atoms with Crippen LogP contribution < -0.4 is 0 Å². The number of rotatable bonds is 4. The molecule has 0 spiro atoms. The van der Waals surface area contributed by atoms with E-state index in [-0.39, 0.29) is 18.0 Å². The highest BCUT2D eigenvalue weighted by atomic mass is 16.6. The minimum Gasteiger partial charge on any atom is -0.495 e. The molecule has 0 aromatic carbocycles. The van der Waals surface area contributed by atoms with Crippen LogP contribution in [0.2, 0.25) is 0 Å². The van der Waals surface area contributed by atoms with Crippen LogP contribution in [0.4, 0.5) is 0 Å². The molecule has 2 rings (SSSR count). The van der Waals surface area contributed by atoms with Gasteiger partial charge in [0.2, 0.25) is 0 Å². The zero-order valence-corrected chi connectivity index (χ0v) is 9.27. The van der Waals surface area contributed by atoms with Crippen molar-refractivity contribution in [3.63, 3.8) is 0 Å². The molecule has 4 atom stereocenters. The Labute approximate surface area is 90.9 Å². The summed E-state index contributed by atoms with van der Waals surface area (Å²) in [5, 5.41) is 0. The molecule has 0 aromatic heterocycles. The smallest absolute Gasteiger partial charge is 0.151 e. The molecule has 84 valence electrons. The van der Waals surface area contributed by atoms with Gasteiger partial charge in [-0.25, -0.2) is 0 Å². The average Bonchev–Trinajstić information content (AvgIpc) is 2.36. The second-order valence-electron chi connectivity index (χ2n) is 4.22. The first-order valence-electron chi connectivity index (χ1n) is 5.24. The van der Waals surface area contributed by atoms with Crippen LogP contribution in [0.15, 0.2) is 12.8 Å². The summed E-state index contributed by atoms with van der Waals surface area (Å²) in [7, 11) is 3.71. The molecule has 0 N–H and O–H groups in total. The summed E-state index contributed by atoms with van der Waals surface area (Å²) in [5.41, 5.74) is -0.453. The molecule has 5 heteroatoms. The second-order valence-corrected chi connectivity index (χ2v) is 4.22. The molecular formula is C10H17BO4. The summed E-state index contributed by atoms with van der Waals surface area (Å²) in [4.78, 5) is 0. The lowest BCUT2D eigenvalue weighted by Gasteiger charge is -2.37. The molecule has 4 nitrogen and oxygen atoms in total. The van der Waals surface area contributed by atoms with Gasteiger partial charge in [0.05, 0.1) is 26.1 Å². The van der Waals surface area contributed by atoms with Gasteiger partial charge in [-0.3, -0.25) is 0 Å². The number of hydrogen-bond acceptors (Lipinski definition) is 4. The first kappa shape index (κ1) is 11.0. The average molecular weight is 212 g/mol. The third-order valence-electron chi connectivity index (χ3n) is 3.22. The summed E-state index contributed by atoms with van der Waals surface area (Å²) < 4.78 is 22.3. The minimum absolute atomic E-state index is 0.00120. The monoisotopic (exact) mass is 212 g/mol. The maximum absolute atomic E-state index is 5.96. The zero-order chi connectivity index (χ0) is 10.9. The van der Waals surface area contributed by atoms with Gasteiger partial charge in [-0.15, -0.1) is 0 Å². The molecule has 2 heterocycles. The molecule has 0 aliphatic carbocycles. The van der Waals surface area contributed by atoms with Gasteiger partial charge in [-0.05, 0) is 0 Å². The normalized spacial score (nSPS) is 43.9. The fourth-order valence-electron chi connectivity index (χ4n) is 2.60. The highest BCUT2D eigenvalue weighted by Gasteiger charge is 2.57. The van der Waals surface area contributed by atoms with E-state index in [9.17, 15) is 0 Å². The number of hydrogen-bond donors (Lipinski definition) is 0. The molecule has 2 aliphatic rings. The van der Waals surface area contributed by atoms with E-state index in [0.29, 0.717) is 19.8 Å². The topological polar surface area (TPSA) is 36.9 Å². The Morgan fingerprint density at radius 2 is 2.47 bits per heavy atom. The van der Waals surface area contributed by atoms with Crippen LogP contribution in [0.1, 0.15) is 0 Å². The van der Waals surface area contributed by atoms with E-state index in [2.05, 4.69) is 14.4 Å². The summed E-state index contributed by atoms with van der Waals surface area (Å²) in [6, 6.07) is 0.146. The summed E-state index contributed by atoms with van der Waals surface area (Å²) in [5.74, 6) is 0.270. The molecule has 0 amide bonds. The molecule has 2 fully saturated rings. The third kappa shape index (κ3) is 1.69. The molecule has 2 saturated heterocycles. The Bertz CT molecular complexity index is 244. The van der Waals surface area contributed by atoms with Crippen LogP contribution in [0.25, 0.3) is 0 Å². The van der Waals surface area contributed by atoms with Crippen LogP contribution in [0.3, 0.4) is 0 Å². The molecule has 4 unspecified atom stereocenters. The predicted octanol–water partition coefficient (Wildman–Crippen LogP) is -0.464. The fraction of sp³-hybridized carbons (Fsp3) is 0.800. The van der Waals surface area contributed by atoms with Gasteiger partial charge in [0.1, 0.15) is 14.0 Å². The van der Waals surface area contributed by atoms with E-state index in [1.807, 2.05) is 0 Å². The number of fused-ring (bicyclic) bond motifs is 2. The van der Waals surface area contributed by atoms with Crippen LogP contribution >= 0.6 is 0 Å². The van der Waals surface area contributed by atoms with E-state index < -0.39 is 5.60 Å². The summed E-state index contributed by atoms with van der Waals surface area (Å²) >= 11 is 0. The Morgan fingerprint density at radius 1 is 1.67 bits per heavy atom. The van der Waals surface area contributed by atoms with Crippen LogP contribution in [0.5, 0.6) is 0 Å². The Morgan fingerprint density at radius 3 is 3.13 bits per heavy atom. The maximum atomic E-state index is 5.96. The van der Waals surface area contributed by atoms with Crippen molar-refractivity contribution in [2.45, 2.75) is 17.7 Å². The molecule has 2 bridgehead atoms. The molecule has 2 aliphatic heterocycles. The van der Waals surface area contributed by atoms with Crippen molar-refractivity contribution in [1.29, 1.82) is 0 Å². The SMILES string of the molecule is BC1OC2(COC)COCC1C2OC=C. The molecule has 0 aromatic rings. The summed E-state index contributed by atoms with van der Waals surface area (Å²) in [6.07, 6.45) is 1.48. The Hall–Kier alpha value is -0.515. The highest BCUT2D eigenvalue weighted by molar-refractivity contribution is 6.11. The molecular weight excluding hydrogens is 195 g/mol. The number of ether oxygens (including phenoxy) is 4. The Balaban J connectivity index is 2.21. The van der Waals surface area contributed by atoms with Crippen molar-refractivity contribution >= 4 is 7.85 Å². The Kier molecular flexibility index (Phi) is 3.04. The first-order chi connectivity index (χ1) is 7.23. The largest absolute Gasteiger partial charge is 0.495 e. The fourth-order valence-corrected chi connectivity index (χ4v) is 2.60. The van der Waals surface area contributed by atoms with Crippen LogP contribution in [0, 0.1) is 5.92 Å². The number of methoxy groups -OCH3 is 1. The lowest BCUT2D eigenvalue weighted by atomic mass is 9.81. The van der Waals surface area contributed by atoms with Crippen molar-refractivity contribution in [3.05, 3.63) is 12.8 Å². The van der Waals surface area contributed by atoms with Gasteiger partial charge in [0, 0.05) is 19.0 Å². The van der Waals surface area contributed by atoms with Gasteiger partial charge in [0.15, 0.2) is 5.60 Å². The van der Waals surface area contributed by atoms with Crippen LogP contribution in [-0.2, 0) is 18.9 Å². The minimum atomic E-state index is -0.453. The zero-order valence-electron chi connectivity index (χ0n) is 9.27. The maximum Gasteiger partial charge on any atom is 0.151 e. The van der Waals surface area contributed by atoms with Gasteiger partial charge in [0.25, 0.3) is 0 Å². The van der Waals surface area contributed by atoms with Gasteiger partial charge < -0.3 is 18.9 Å². The van der Waals surface area contributed by atoms with Crippen molar-refractivity contribution in [1.82, 2.24) is 0 Å². The van der Waals surface area contributed by atoms with Gasteiger partial charge in [-0.1, -0.05) is 6.58 Å². The van der Waals surface area contributed by atoms with E-state index in [1.165, 1.54) is 6.26 Å². The lowest BCUT2D eigenvalue weighted by molar-refractivity contribution is -0.161. The standard InChI is InChI=1S/C10H17BO4/c1-3-14-8-7-4-13-6-10(8,5-12-2)15-9(7)11/h3,7-9H,1,4-6,11H2,2H3. The predicted molar refractivity (Wildman–Crippen MR) is 57.4 cm³/mol. The van der Waals surface area contributed by atoms with Crippen molar-refractivity contribution in [2.75, 3.05) is 26.9 Å². The lowest BCUT2D eigenvalue weighted by Crippen LogP contribution is -2.53. The third-order valence-corrected chi connectivity index (χ3v) is 3.22. The second kappa shape index (κ2) is 4.16. The molecule has 0 radical (unpaired) electrons. The van der Waals surface area contributed by atoms with Crippen molar-refractivity contribution in [3.8, 4) is 0 Å². The van der Waals surface area contributed by atoms with Crippen LogP contribution in [-0.4, -0.2) is 52.5 Å². The summed E-state index contributed by atoms with van der Waals surface area (Å²) in [6.45, 7) is 5.31. The van der Waals surface area contributed by atoms with E-state index in [0.717, 1.165) is 0 Å². The van der Waals surface area contributed by atoms with Gasteiger partial charge >= 0.3 is 0 Å². The van der Waals surface area contributed by atoms with E-state index in [1.54, 1.807) is 7.11 Å². The van der Waals surface area contributed by atoms with Crippen molar-refractivity contribution in [2.24, 2.45) is 5.92 Å². The first-order valence-corrected chi connectivity index (χ1v) is 5.24. The van der Waals surface area contributed by atoms with E-state index in [4.69, 9.17) is 18.9 Å². The molecule has 0 saturated carbocycles. The van der Waals surface area contributed by atoms with Gasteiger partial charge in [-0.2, -0.15) is 0 Å². The van der Waals surface area contributed by atoms with Crippen molar-refractivity contribution < 1.29 is 18.9 Å².